The largest absolute Gasteiger partial charge is 0.386 e. The molecule has 0 aromatic carbocycles. The van der Waals surface area contributed by atoms with Gasteiger partial charge < -0.3 is 14.9 Å². The number of aryl methyl sites for hydroxylation is 1. The topological polar surface area (TPSA) is 82.5 Å². The van der Waals surface area contributed by atoms with Gasteiger partial charge in [0.25, 0.3) is 5.91 Å². The van der Waals surface area contributed by atoms with Crippen molar-refractivity contribution in [1.29, 1.82) is 0 Å². The molecule has 0 radical (unpaired) electrons. The Bertz CT molecular complexity index is 707. The minimum Gasteiger partial charge on any atom is -0.386 e. The molecule has 1 fully saturated rings. The summed E-state index contributed by atoms with van der Waals surface area (Å²) in [6, 6.07) is 5.32. The summed E-state index contributed by atoms with van der Waals surface area (Å²) in [4.78, 5) is 28.5. The van der Waals surface area contributed by atoms with Gasteiger partial charge in [0.15, 0.2) is 0 Å². The number of carbonyl (C=O) groups excluding carboxylic acids is 1. The van der Waals surface area contributed by atoms with E-state index in [2.05, 4.69) is 15.0 Å². The first kappa shape index (κ1) is 16.3. The first-order chi connectivity index (χ1) is 11.5. The molecule has 1 atom stereocenters. The van der Waals surface area contributed by atoms with Gasteiger partial charge in [0.2, 0.25) is 5.95 Å². The molecule has 0 aliphatic carbocycles. The highest BCUT2D eigenvalue weighted by Gasteiger charge is 2.39. The Morgan fingerprint density at radius 2 is 2.08 bits per heavy atom. The molecule has 1 aliphatic rings. The second-order valence-corrected chi connectivity index (χ2v) is 6.29. The van der Waals surface area contributed by atoms with Crippen molar-refractivity contribution in [3.8, 4) is 0 Å². The van der Waals surface area contributed by atoms with Crippen LogP contribution in [-0.2, 0) is 0 Å². The van der Waals surface area contributed by atoms with Crippen LogP contribution in [0.4, 0.5) is 5.95 Å². The second kappa shape index (κ2) is 6.52. The van der Waals surface area contributed by atoms with Crippen molar-refractivity contribution < 1.29 is 9.90 Å². The Morgan fingerprint density at radius 3 is 2.75 bits per heavy atom. The molecule has 1 aliphatic heterocycles. The average Bonchev–Trinajstić information content (AvgIpc) is 2.97. The Morgan fingerprint density at radius 1 is 1.33 bits per heavy atom. The van der Waals surface area contributed by atoms with Gasteiger partial charge >= 0.3 is 0 Å². The van der Waals surface area contributed by atoms with Gasteiger partial charge in [-0.3, -0.25) is 9.78 Å². The van der Waals surface area contributed by atoms with Crippen LogP contribution in [0.1, 0.15) is 22.5 Å². The lowest BCUT2D eigenvalue weighted by Crippen LogP contribution is -2.46. The number of anilines is 1. The van der Waals surface area contributed by atoms with E-state index in [9.17, 15) is 9.90 Å². The molecule has 0 spiro atoms. The van der Waals surface area contributed by atoms with Gasteiger partial charge in [0.1, 0.15) is 5.60 Å². The lowest BCUT2D eigenvalue weighted by Gasteiger charge is -2.29. The second-order valence-electron chi connectivity index (χ2n) is 6.29. The standard InChI is InChI=1S/C17H21N5O2/c1-13-4-5-14(10-20-13)15(23)21(2)11-17(24)6-9-22(12-17)16-18-7-3-8-19-16/h3-5,7-8,10,24H,6,9,11-12H2,1-2H3/t17-/m0/s1. The Balaban J connectivity index is 1.64. The summed E-state index contributed by atoms with van der Waals surface area (Å²) in [5, 5.41) is 10.8. The van der Waals surface area contributed by atoms with Gasteiger partial charge in [-0.05, 0) is 31.5 Å². The predicted octanol–water partition coefficient (Wildman–Crippen LogP) is 0.893. The molecule has 1 saturated heterocycles. The third-order valence-corrected chi connectivity index (χ3v) is 4.20. The van der Waals surface area contributed by atoms with E-state index in [0.29, 0.717) is 31.0 Å². The van der Waals surface area contributed by atoms with Crippen LogP contribution in [0.3, 0.4) is 0 Å². The smallest absolute Gasteiger partial charge is 0.255 e. The minimum atomic E-state index is -0.970. The van der Waals surface area contributed by atoms with E-state index in [-0.39, 0.29) is 12.5 Å². The highest BCUT2D eigenvalue weighted by Crippen LogP contribution is 2.25. The monoisotopic (exact) mass is 327 g/mol. The fourth-order valence-electron chi connectivity index (χ4n) is 2.94. The number of hydrogen-bond donors (Lipinski definition) is 1. The van der Waals surface area contributed by atoms with E-state index in [0.717, 1.165) is 5.69 Å². The van der Waals surface area contributed by atoms with E-state index in [1.54, 1.807) is 48.7 Å². The van der Waals surface area contributed by atoms with Crippen molar-refractivity contribution >= 4 is 11.9 Å². The molecule has 7 nitrogen and oxygen atoms in total. The third-order valence-electron chi connectivity index (χ3n) is 4.20. The first-order valence-electron chi connectivity index (χ1n) is 7.89. The third kappa shape index (κ3) is 3.51. The number of β-amino-alcohol motifs (C(OH)–C–C–N with tert-alkyl or cyclic N) is 1. The van der Waals surface area contributed by atoms with Crippen molar-refractivity contribution in [3.05, 3.63) is 48.0 Å². The molecule has 24 heavy (non-hydrogen) atoms. The summed E-state index contributed by atoms with van der Waals surface area (Å²) >= 11 is 0. The van der Waals surface area contributed by atoms with Crippen molar-refractivity contribution in [3.63, 3.8) is 0 Å². The predicted molar refractivity (Wildman–Crippen MR) is 89.7 cm³/mol. The first-order valence-corrected chi connectivity index (χ1v) is 7.89. The van der Waals surface area contributed by atoms with Crippen molar-refractivity contribution in [1.82, 2.24) is 19.9 Å². The van der Waals surface area contributed by atoms with Crippen molar-refractivity contribution in [2.24, 2.45) is 0 Å². The van der Waals surface area contributed by atoms with Crippen LogP contribution in [0.5, 0.6) is 0 Å². The van der Waals surface area contributed by atoms with Crippen LogP contribution in [0.25, 0.3) is 0 Å². The van der Waals surface area contributed by atoms with Crippen molar-refractivity contribution in [2.75, 3.05) is 31.6 Å². The number of pyridine rings is 1. The molecule has 3 rings (SSSR count). The van der Waals surface area contributed by atoms with E-state index < -0.39 is 5.60 Å². The van der Waals surface area contributed by atoms with Gasteiger partial charge in [-0.2, -0.15) is 0 Å². The molecule has 2 aromatic rings. The zero-order chi connectivity index (χ0) is 17.2. The molecule has 1 N–H and O–H groups in total. The highest BCUT2D eigenvalue weighted by molar-refractivity contribution is 5.93. The maximum absolute atomic E-state index is 12.5. The molecule has 2 aromatic heterocycles. The molecule has 3 heterocycles. The van der Waals surface area contributed by atoms with Gasteiger partial charge in [-0.1, -0.05) is 0 Å². The molecular formula is C17H21N5O2. The number of amides is 1. The van der Waals surface area contributed by atoms with Gasteiger partial charge in [-0.15, -0.1) is 0 Å². The number of likely N-dealkylation sites (N-methyl/N-ethyl adjacent to an activating group) is 1. The average molecular weight is 327 g/mol. The molecule has 0 saturated carbocycles. The Labute approximate surface area is 141 Å². The number of rotatable bonds is 4. The summed E-state index contributed by atoms with van der Waals surface area (Å²) in [5.41, 5.74) is 0.414. The molecule has 0 unspecified atom stereocenters. The summed E-state index contributed by atoms with van der Waals surface area (Å²) in [5.74, 6) is 0.454. The van der Waals surface area contributed by atoms with Crippen LogP contribution in [-0.4, -0.2) is 63.1 Å². The zero-order valence-corrected chi connectivity index (χ0v) is 13.9. The fourth-order valence-corrected chi connectivity index (χ4v) is 2.94. The summed E-state index contributed by atoms with van der Waals surface area (Å²) in [6.07, 6.45) is 5.49. The maximum atomic E-state index is 12.5. The molecule has 1 amide bonds. The fraction of sp³-hybridized carbons (Fsp3) is 0.412. The number of aliphatic hydroxyl groups is 1. The normalized spacial score (nSPS) is 20.2. The molecule has 7 heteroatoms. The molecular weight excluding hydrogens is 306 g/mol. The molecule has 0 bridgehead atoms. The SMILES string of the molecule is Cc1ccc(C(=O)N(C)C[C@@]2(O)CCN(c3ncccn3)C2)cn1. The Kier molecular flexibility index (Phi) is 4.44. The maximum Gasteiger partial charge on any atom is 0.255 e. The van der Waals surface area contributed by atoms with Crippen LogP contribution in [0.2, 0.25) is 0 Å². The minimum absolute atomic E-state index is 0.148. The quantitative estimate of drug-likeness (QED) is 0.898. The van der Waals surface area contributed by atoms with E-state index in [1.807, 2.05) is 11.8 Å². The summed E-state index contributed by atoms with van der Waals surface area (Å²) < 4.78 is 0. The summed E-state index contributed by atoms with van der Waals surface area (Å²) in [6.45, 7) is 3.19. The zero-order valence-electron chi connectivity index (χ0n) is 13.9. The van der Waals surface area contributed by atoms with Crippen LogP contribution < -0.4 is 4.90 Å². The van der Waals surface area contributed by atoms with E-state index in [4.69, 9.17) is 0 Å². The van der Waals surface area contributed by atoms with E-state index in [1.165, 1.54) is 0 Å². The Hall–Kier alpha value is -2.54. The van der Waals surface area contributed by atoms with Gasteiger partial charge in [-0.25, -0.2) is 9.97 Å². The number of carbonyl (C=O) groups is 1. The van der Waals surface area contributed by atoms with Crippen molar-refractivity contribution in [2.45, 2.75) is 18.9 Å². The van der Waals surface area contributed by atoms with Crippen LogP contribution in [0, 0.1) is 6.92 Å². The van der Waals surface area contributed by atoms with Gasteiger partial charge in [0, 0.05) is 37.9 Å². The number of hydrogen-bond acceptors (Lipinski definition) is 6. The lowest BCUT2D eigenvalue weighted by molar-refractivity contribution is 0.0264. The van der Waals surface area contributed by atoms with Crippen LogP contribution in [0.15, 0.2) is 36.8 Å². The lowest BCUT2D eigenvalue weighted by atomic mass is 10.0. The van der Waals surface area contributed by atoms with Crippen LogP contribution >= 0.6 is 0 Å². The number of nitrogens with zero attached hydrogens (tertiary/aromatic N) is 5. The highest BCUT2D eigenvalue weighted by atomic mass is 16.3. The van der Waals surface area contributed by atoms with E-state index >= 15 is 0 Å². The number of aromatic nitrogens is 3. The summed E-state index contributed by atoms with van der Waals surface area (Å²) in [7, 11) is 1.70. The van der Waals surface area contributed by atoms with Gasteiger partial charge in [0.05, 0.1) is 18.7 Å². The molecule has 126 valence electrons.